The molecule has 138 valence electrons. The van der Waals surface area contributed by atoms with Crippen LogP contribution in [0.3, 0.4) is 0 Å². The van der Waals surface area contributed by atoms with Crippen molar-refractivity contribution >= 4 is 0 Å². The zero-order valence-corrected chi connectivity index (χ0v) is 15.7. The second kappa shape index (κ2) is 7.32. The average molecular weight is 352 g/mol. The van der Waals surface area contributed by atoms with Gasteiger partial charge in [-0.3, -0.25) is 0 Å². The van der Waals surface area contributed by atoms with Crippen LogP contribution < -0.4 is 9.47 Å². The van der Waals surface area contributed by atoms with Gasteiger partial charge in [-0.15, -0.1) is 0 Å². The van der Waals surface area contributed by atoms with Crippen molar-refractivity contribution in [2.24, 2.45) is 5.92 Å². The molecular weight excluding hydrogens is 324 g/mol. The molecule has 4 rings (SSSR count). The SMILES string of the molecule is COc1ccc([C@H]2[C@H]3CCCC[C@H]3c3cc(OC)ccc3[C@@H]2CO)cc1. The van der Waals surface area contributed by atoms with E-state index in [0.717, 1.165) is 11.5 Å². The van der Waals surface area contributed by atoms with Crippen LogP contribution in [0.15, 0.2) is 42.5 Å². The first-order chi connectivity index (χ1) is 12.8. The minimum Gasteiger partial charge on any atom is -0.497 e. The topological polar surface area (TPSA) is 38.7 Å². The molecule has 4 atom stereocenters. The van der Waals surface area contributed by atoms with E-state index < -0.39 is 0 Å². The van der Waals surface area contributed by atoms with Gasteiger partial charge in [0.05, 0.1) is 20.8 Å². The lowest BCUT2D eigenvalue weighted by atomic mass is 9.58. The van der Waals surface area contributed by atoms with Gasteiger partial charge in [0.1, 0.15) is 11.5 Å². The van der Waals surface area contributed by atoms with Crippen LogP contribution >= 0.6 is 0 Å². The van der Waals surface area contributed by atoms with Crippen LogP contribution in [0.5, 0.6) is 11.5 Å². The maximum atomic E-state index is 10.3. The predicted molar refractivity (Wildman–Crippen MR) is 103 cm³/mol. The van der Waals surface area contributed by atoms with Crippen LogP contribution in [0.4, 0.5) is 0 Å². The van der Waals surface area contributed by atoms with Gasteiger partial charge in [-0.25, -0.2) is 0 Å². The van der Waals surface area contributed by atoms with Gasteiger partial charge in [0.25, 0.3) is 0 Å². The molecule has 1 fully saturated rings. The highest BCUT2D eigenvalue weighted by Gasteiger charge is 2.44. The molecular formula is C23H28O3. The summed E-state index contributed by atoms with van der Waals surface area (Å²) in [6.07, 6.45) is 5.03. The monoisotopic (exact) mass is 352 g/mol. The van der Waals surface area contributed by atoms with Crippen molar-refractivity contribution in [3.8, 4) is 11.5 Å². The Hall–Kier alpha value is -2.00. The van der Waals surface area contributed by atoms with Crippen molar-refractivity contribution in [3.63, 3.8) is 0 Å². The van der Waals surface area contributed by atoms with Crippen LogP contribution in [0.2, 0.25) is 0 Å². The smallest absolute Gasteiger partial charge is 0.119 e. The molecule has 0 aliphatic heterocycles. The van der Waals surface area contributed by atoms with E-state index >= 15 is 0 Å². The number of benzene rings is 2. The number of fused-ring (bicyclic) bond motifs is 3. The standard InChI is InChI=1S/C23H28O3/c1-25-16-9-7-15(8-10-16)23-20-6-4-3-5-18(20)21-13-17(26-2)11-12-19(21)22(23)14-24/h7-13,18,20,22-24H,3-6,14H2,1-2H3/t18-,20+,22+,23+/m1/s1. The molecule has 0 spiro atoms. The molecule has 2 aliphatic carbocycles. The number of hydrogen-bond acceptors (Lipinski definition) is 3. The van der Waals surface area contributed by atoms with Crippen molar-refractivity contribution < 1.29 is 14.6 Å². The first-order valence-electron chi connectivity index (χ1n) is 9.69. The number of aliphatic hydroxyl groups excluding tert-OH is 1. The van der Waals surface area contributed by atoms with E-state index in [9.17, 15) is 5.11 Å². The third kappa shape index (κ3) is 2.88. The Morgan fingerprint density at radius 2 is 1.58 bits per heavy atom. The Bertz CT molecular complexity index is 753. The van der Waals surface area contributed by atoms with Crippen LogP contribution in [0.25, 0.3) is 0 Å². The molecule has 0 amide bonds. The zero-order chi connectivity index (χ0) is 18.1. The Morgan fingerprint density at radius 1 is 0.885 bits per heavy atom. The Labute approximate surface area is 156 Å². The molecule has 26 heavy (non-hydrogen) atoms. The van der Waals surface area contributed by atoms with Gasteiger partial charge >= 0.3 is 0 Å². The summed E-state index contributed by atoms with van der Waals surface area (Å²) in [5, 5.41) is 10.3. The summed E-state index contributed by atoms with van der Waals surface area (Å²) < 4.78 is 10.8. The molecule has 3 nitrogen and oxygen atoms in total. The van der Waals surface area contributed by atoms with E-state index in [1.165, 1.54) is 42.4 Å². The van der Waals surface area contributed by atoms with E-state index in [2.05, 4.69) is 24.3 Å². The van der Waals surface area contributed by atoms with Gasteiger partial charge in [0.15, 0.2) is 0 Å². The molecule has 0 aromatic heterocycles. The Morgan fingerprint density at radius 3 is 2.27 bits per heavy atom. The van der Waals surface area contributed by atoms with Gasteiger partial charge in [-0.05, 0) is 71.6 Å². The van der Waals surface area contributed by atoms with Gasteiger partial charge < -0.3 is 14.6 Å². The lowest BCUT2D eigenvalue weighted by Crippen LogP contribution is -2.35. The first kappa shape index (κ1) is 17.4. The lowest BCUT2D eigenvalue weighted by Gasteiger charge is -2.47. The van der Waals surface area contributed by atoms with Crippen LogP contribution in [-0.4, -0.2) is 25.9 Å². The number of rotatable bonds is 4. The quantitative estimate of drug-likeness (QED) is 0.855. The molecule has 0 saturated heterocycles. The van der Waals surface area contributed by atoms with Crippen LogP contribution in [0, 0.1) is 5.92 Å². The Balaban J connectivity index is 1.81. The van der Waals surface area contributed by atoms with Crippen molar-refractivity contribution in [2.45, 2.75) is 43.4 Å². The maximum Gasteiger partial charge on any atom is 0.119 e. The summed E-state index contributed by atoms with van der Waals surface area (Å²) in [6, 6.07) is 14.9. The Kier molecular flexibility index (Phi) is 4.90. The molecule has 0 bridgehead atoms. The summed E-state index contributed by atoms with van der Waals surface area (Å²) in [7, 11) is 3.43. The normalized spacial score (nSPS) is 27.3. The van der Waals surface area contributed by atoms with E-state index in [1.807, 2.05) is 18.2 Å². The van der Waals surface area contributed by atoms with E-state index in [4.69, 9.17) is 9.47 Å². The second-order valence-corrected chi connectivity index (χ2v) is 7.64. The van der Waals surface area contributed by atoms with Gasteiger partial charge in [0, 0.05) is 5.92 Å². The fourth-order valence-electron chi connectivity index (χ4n) is 5.32. The number of methoxy groups -OCH3 is 2. The van der Waals surface area contributed by atoms with E-state index in [1.54, 1.807) is 14.2 Å². The fraction of sp³-hybridized carbons (Fsp3) is 0.478. The van der Waals surface area contributed by atoms with Crippen molar-refractivity contribution in [1.82, 2.24) is 0 Å². The molecule has 0 radical (unpaired) electrons. The first-order valence-corrected chi connectivity index (χ1v) is 9.69. The summed E-state index contributed by atoms with van der Waals surface area (Å²) >= 11 is 0. The summed E-state index contributed by atoms with van der Waals surface area (Å²) in [5.41, 5.74) is 4.03. The highest BCUT2D eigenvalue weighted by molar-refractivity contribution is 5.46. The third-order valence-electron chi connectivity index (χ3n) is 6.50. The lowest BCUT2D eigenvalue weighted by molar-refractivity contribution is 0.167. The maximum absolute atomic E-state index is 10.3. The average Bonchev–Trinajstić information content (AvgIpc) is 2.72. The summed E-state index contributed by atoms with van der Waals surface area (Å²) in [4.78, 5) is 0. The molecule has 2 aromatic carbocycles. The number of aliphatic hydroxyl groups is 1. The molecule has 0 heterocycles. The highest BCUT2D eigenvalue weighted by Crippen LogP contribution is 2.56. The molecule has 0 unspecified atom stereocenters. The zero-order valence-electron chi connectivity index (χ0n) is 15.7. The largest absolute Gasteiger partial charge is 0.497 e. The third-order valence-corrected chi connectivity index (χ3v) is 6.50. The number of ether oxygens (including phenoxy) is 2. The molecule has 1 saturated carbocycles. The molecule has 3 heteroatoms. The predicted octanol–water partition coefficient (Wildman–Crippen LogP) is 4.85. The highest BCUT2D eigenvalue weighted by atomic mass is 16.5. The number of hydrogen-bond donors (Lipinski definition) is 1. The minimum absolute atomic E-state index is 0.142. The van der Waals surface area contributed by atoms with Gasteiger partial charge in [-0.2, -0.15) is 0 Å². The van der Waals surface area contributed by atoms with Crippen LogP contribution in [0.1, 0.15) is 60.1 Å². The van der Waals surface area contributed by atoms with Crippen molar-refractivity contribution in [2.75, 3.05) is 20.8 Å². The van der Waals surface area contributed by atoms with Crippen molar-refractivity contribution in [1.29, 1.82) is 0 Å². The molecule has 2 aromatic rings. The molecule has 1 N–H and O–H groups in total. The fourth-order valence-corrected chi connectivity index (χ4v) is 5.32. The summed E-state index contributed by atoms with van der Waals surface area (Å²) in [6.45, 7) is 0.180. The van der Waals surface area contributed by atoms with Gasteiger partial charge in [0.2, 0.25) is 0 Å². The van der Waals surface area contributed by atoms with E-state index in [-0.39, 0.29) is 12.5 Å². The minimum atomic E-state index is 0.142. The molecule has 2 aliphatic rings. The van der Waals surface area contributed by atoms with E-state index in [0.29, 0.717) is 17.8 Å². The second-order valence-electron chi connectivity index (χ2n) is 7.64. The summed E-state index contributed by atoms with van der Waals surface area (Å²) in [5.74, 6) is 3.45. The van der Waals surface area contributed by atoms with Crippen LogP contribution in [-0.2, 0) is 0 Å². The van der Waals surface area contributed by atoms with Gasteiger partial charge in [-0.1, -0.05) is 31.0 Å². The van der Waals surface area contributed by atoms with Crippen molar-refractivity contribution in [3.05, 3.63) is 59.2 Å².